The molecule has 0 N–H and O–H groups in total. The summed E-state index contributed by atoms with van der Waals surface area (Å²) in [5.74, 6) is -3.12. The summed E-state index contributed by atoms with van der Waals surface area (Å²) in [5, 5.41) is 12.6. The van der Waals surface area contributed by atoms with Gasteiger partial charge < -0.3 is 4.74 Å². The van der Waals surface area contributed by atoms with Crippen LogP contribution in [0.15, 0.2) is 46.8 Å². The van der Waals surface area contributed by atoms with Crippen LogP contribution in [0.2, 0.25) is 0 Å². The van der Waals surface area contributed by atoms with E-state index >= 15 is 0 Å². The monoisotopic (exact) mass is 361 g/mol. The predicted molar refractivity (Wildman–Crippen MR) is 81.7 cm³/mol. The normalized spacial score (nSPS) is 18.6. The van der Waals surface area contributed by atoms with E-state index in [2.05, 4.69) is 9.73 Å². The molecule has 2 atom stereocenters. The van der Waals surface area contributed by atoms with Gasteiger partial charge in [-0.05, 0) is 23.6 Å². The van der Waals surface area contributed by atoms with E-state index in [-0.39, 0.29) is 7.14 Å². The van der Waals surface area contributed by atoms with Gasteiger partial charge in [0.25, 0.3) is 0 Å². The third-order valence-electron chi connectivity index (χ3n) is 2.96. The lowest BCUT2D eigenvalue weighted by molar-refractivity contribution is -0.480. The second kappa shape index (κ2) is 7.39. The van der Waals surface area contributed by atoms with Crippen LogP contribution in [0.1, 0.15) is 12.2 Å². The van der Waals surface area contributed by atoms with Gasteiger partial charge in [-0.1, -0.05) is 18.2 Å². The van der Waals surface area contributed by atoms with Crippen LogP contribution in [0, 0.1) is 10.1 Å². The van der Waals surface area contributed by atoms with Crippen LogP contribution in [0.5, 0.6) is 0 Å². The Kier molecular flexibility index (Phi) is 5.50. The Bertz CT molecular complexity index is 701. The SMILES string of the molecule is O=C(OC1C=CC=CC(C(C[N+](=O)[O-])c2cccs2)=N1)C(F)(F)F.[H+]. The van der Waals surface area contributed by atoms with E-state index in [0.29, 0.717) is 4.88 Å². The highest BCUT2D eigenvalue weighted by molar-refractivity contribution is 7.10. The van der Waals surface area contributed by atoms with Gasteiger partial charge in [0.05, 0.1) is 11.6 Å². The van der Waals surface area contributed by atoms with Crippen molar-refractivity contribution >= 4 is 23.0 Å². The fourth-order valence-corrected chi connectivity index (χ4v) is 2.79. The fourth-order valence-electron chi connectivity index (χ4n) is 1.96. The molecule has 2 rings (SSSR count). The maximum absolute atomic E-state index is 12.3. The quantitative estimate of drug-likeness (QED) is 0.458. The van der Waals surface area contributed by atoms with Crippen molar-refractivity contribution in [3.8, 4) is 0 Å². The van der Waals surface area contributed by atoms with Crippen molar-refractivity contribution in [2.24, 2.45) is 4.99 Å². The van der Waals surface area contributed by atoms with Crippen molar-refractivity contribution < 1.29 is 29.1 Å². The summed E-state index contributed by atoms with van der Waals surface area (Å²) >= 11 is 1.27. The first-order chi connectivity index (χ1) is 11.3. The highest BCUT2D eigenvalue weighted by Crippen LogP contribution is 2.26. The molecule has 0 saturated carbocycles. The molecule has 2 unspecified atom stereocenters. The molecule has 2 heterocycles. The number of ether oxygens (including phenoxy) is 1. The van der Waals surface area contributed by atoms with Crippen molar-refractivity contribution in [3.63, 3.8) is 0 Å². The number of carbonyl (C=O) groups excluding carboxylic acids is 1. The second-order valence-corrected chi connectivity index (χ2v) is 5.65. The summed E-state index contributed by atoms with van der Waals surface area (Å²) in [6, 6.07) is 3.37. The molecule has 0 radical (unpaired) electrons. The smallest absolute Gasteiger partial charge is 0.429 e. The van der Waals surface area contributed by atoms with Crippen LogP contribution in [-0.4, -0.2) is 35.6 Å². The average molecular weight is 361 g/mol. The van der Waals surface area contributed by atoms with Crippen LogP contribution in [0.3, 0.4) is 0 Å². The summed E-state index contributed by atoms with van der Waals surface area (Å²) in [6.07, 6.45) is -1.20. The molecule has 0 fully saturated rings. The van der Waals surface area contributed by atoms with Crippen molar-refractivity contribution in [2.45, 2.75) is 18.3 Å². The lowest BCUT2D eigenvalue weighted by atomic mass is 10.0. The summed E-state index contributed by atoms with van der Waals surface area (Å²) in [7, 11) is 0. The maximum atomic E-state index is 12.3. The molecule has 1 aliphatic heterocycles. The van der Waals surface area contributed by atoms with Gasteiger partial charge in [0.1, 0.15) is 0 Å². The molecule has 128 valence electrons. The van der Waals surface area contributed by atoms with Crippen LogP contribution in [0.25, 0.3) is 0 Å². The molecule has 0 amide bonds. The van der Waals surface area contributed by atoms with E-state index in [1.165, 1.54) is 29.6 Å². The fraction of sp³-hybridized carbons (Fsp3) is 0.286. The zero-order chi connectivity index (χ0) is 17.7. The van der Waals surface area contributed by atoms with E-state index in [1.807, 2.05) is 0 Å². The summed E-state index contributed by atoms with van der Waals surface area (Å²) in [4.78, 5) is 25.9. The molecule has 0 aromatic carbocycles. The molecule has 0 bridgehead atoms. The molecule has 1 aromatic rings. The van der Waals surface area contributed by atoms with Gasteiger partial charge in [-0.3, -0.25) is 10.1 Å². The maximum Gasteiger partial charge on any atom is 1.00 e. The third kappa shape index (κ3) is 4.75. The largest absolute Gasteiger partial charge is 1.00 e. The number of rotatable bonds is 5. The Balaban J connectivity index is 0.00000312. The zero-order valence-electron chi connectivity index (χ0n) is 13.0. The topological polar surface area (TPSA) is 81.8 Å². The lowest BCUT2D eigenvalue weighted by Crippen LogP contribution is -2.29. The van der Waals surface area contributed by atoms with E-state index in [4.69, 9.17) is 0 Å². The first kappa shape index (κ1) is 17.9. The first-order valence-corrected chi connectivity index (χ1v) is 7.51. The third-order valence-corrected chi connectivity index (χ3v) is 3.95. The number of allylic oxidation sites excluding steroid dienone is 3. The van der Waals surface area contributed by atoms with Gasteiger partial charge in [-0.2, -0.15) is 13.2 Å². The summed E-state index contributed by atoms with van der Waals surface area (Å²) in [6.45, 7) is -0.483. The Hall–Kier alpha value is -2.49. The number of carbonyl (C=O) groups is 1. The molecule has 6 nitrogen and oxygen atoms in total. The molecule has 10 heteroatoms. The van der Waals surface area contributed by atoms with Gasteiger partial charge in [-0.15, -0.1) is 11.3 Å². The Morgan fingerprint density at radius 2 is 2.25 bits per heavy atom. The van der Waals surface area contributed by atoms with E-state index < -0.39 is 35.8 Å². The number of nitrogens with zero attached hydrogens (tertiary/aromatic N) is 2. The molecular formula is C14H12F3N2O4S+. The van der Waals surface area contributed by atoms with Gasteiger partial charge in [0.2, 0.25) is 12.8 Å². The Morgan fingerprint density at radius 3 is 2.83 bits per heavy atom. The van der Waals surface area contributed by atoms with Gasteiger partial charge in [0, 0.05) is 9.80 Å². The number of nitro groups is 1. The van der Waals surface area contributed by atoms with Gasteiger partial charge >= 0.3 is 13.6 Å². The predicted octanol–water partition coefficient (Wildman–Crippen LogP) is 3.22. The lowest BCUT2D eigenvalue weighted by Gasteiger charge is -2.15. The van der Waals surface area contributed by atoms with E-state index in [1.54, 1.807) is 17.5 Å². The minimum absolute atomic E-state index is 0. The van der Waals surface area contributed by atoms with Crippen molar-refractivity contribution in [1.29, 1.82) is 0 Å². The minimum atomic E-state index is -5.14. The zero-order valence-corrected chi connectivity index (χ0v) is 12.8. The molecule has 0 spiro atoms. The molecule has 0 saturated heterocycles. The van der Waals surface area contributed by atoms with Crippen molar-refractivity contribution in [1.82, 2.24) is 0 Å². The minimum Gasteiger partial charge on any atom is -0.429 e. The first-order valence-electron chi connectivity index (χ1n) is 6.63. The standard InChI is InChI=1S/C14H11F3N2O4S/c15-14(16,17)13(20)23-12-6-2-1-4-10(18-12)9(8-19(21)22)11-5-3-7-24-11/h1-7,9,12H,8H2/p+1. The molecule has 24 heavy (non-hydrogen) atoms. The number of hydrogen-bond acceptors (Lipinski definition) is 6. The highest BCUT2D eigenvalue weighted by atomic mass is 32.1. The summed E-state index contributed by atoms with van der Waals surface area (Å²) < 4.78 is 41.2. The number of alkyl halides is 3. The van der Waals surface area contributed by atoms with E-state index in [9.17, 15) is 28.1 Å². The van der Waals surface area contributed by atoms with Crippen LogP contribution >= 0.6 is 11.3 Å². The number of aliphatic imine (C=N–C) groups is 1. The Morgan fingerprint density at radius 1 is 1.50 bits per heavy atom. The average Bonchev–Trinajstić information content (AvgIpc) is 2.91. The highest BCUT2D eigenvalue weighted by Gasteiger charge is 2.42. The van der Waals surface area contributed by atoms with Crippen molar-refractivity contribution in [3.05, 3.63) is 56.8 Å². The number of thiophene rings is 1. The van der Waals surface area contributed by atoms with Crippen molar-refractivity contribution in [2.75, 3.05) is 6.54 Å². The van der Waals surface area contributed by atoms with E-state index in [0.717, 1.165) is 6.08 Å². The van der Waals surface area contributed by atoms with Gasteiger partial charge in [-0.25, -0.2) is 9.79 Å². The number of halogens is 3. The molecule has 1 aromatic heterocycles. The van der Waals surface area contributed by atoms with Crippen LogP contribution < -0.4 is 0 Å². The number of esters is 1. The molecular weight excluding hydrogens is 349 g/mol. The molecule has 1 aliphatic rings. The number of hydrogen-bond donors (Lipinski definition) is 0. The van der Waals surface area contributed by atoms with Crippen LogP contribution in [0.4, 0.5) is 13.2 Å². The van der Waals surface area contributed by atoms with Crippen LogP contribution in [-0.2, 0) is 9.53 Å². The summed E-state index contributed by atoms with van der Waals surface area (Å²) in [5.41, 5.74) is 0.166. The Labute approximate surface area is 139 Å². The molecule has 0 aliphatic carbocycles. The van der Waals surface area contributed by atoms with Gasteiger partial charge in [0.15, 0.2) is 0 Å². The second-order valence-electron chi connectivity index (χ2n) is 4.67.